The van der Waals surface area contributed by atoms with Gasteiger partial charge in [-0.25, -0.2) is 10.2 Å². The predicted octanol–water partition coefficient (Wildman–Crippen LogP) is 1.23. The van der Waals surface area contributed by atoms with Crippen LogP contribution in [0, 0.1) is 0 Å². The zero-order valence-electron chi connectivity index (χ0n) is 13.2. The summed E-state index contributed by atoms with van der Waals surface area (Å²) in [5.74, 6) is 0. The normalized spacial score (nSPS) is 14.1. The molecule has 0 bridgehead atoms. The molecule has 0 fully saturated rings. The van der Waals surface area contributed by atoms with Gasteiger partial charge in [0.1, 0.15) is 5.60 Å². The van der Waals surface area contributed by atoms with Crippen LogP contribution in [0.5, 0.6) is 0 Å². The lowest BCUT2D eigenvalue weighted by Crippen LogP contribution is -2.46. The van der Waals surface area contributed by atoms with Crippen LogP contribution in [0.15, 0.2) is 24.0 Å². The third kappa shape index (κ3) is 4.63. The monoisotopic (exact) mass is 305 g/mol. The molecule has 0 saturated carbocycles. The Bertz CT molecular complexity index is 565. The van der Waals surface area contributed by atoms with Gasteiger partial charge in [0.05, 0.1) is 17.9 Å². The zero-order chi connectivity index (χ0) is 16.2. The minimum Gasteiger partial charge on any atom is -0.444 e. The van der Waals surface area contributed by atoms with Crippen LogP contribution >= 0.6 is 0 Å². The number of carbonyl (C=O) groups excluding carboxylic acids is 1. The van der Waals surface area contributed by atoms with Crippen molar-refractivity contribution in [2.75, 3.05) is 24.6 Å². The molecule has 7 nitrogen and oxygen atoms in total. The Balaban J connectivity index is 1.81. The lowest BCUT2D eigenvalue weighted by molar-refractivity contribution is 0.0528. The maximum absolute atomic E-state index is 11.5. The second-order valence-electron chi connectivity index (χ2n) is 6.05. The van der Waals surface area contributed by atoms with E-state index in [9.17, 15) is 4.79 Å². The van der Waals surface area contributed by atoms with Crippen molar-refractivity contribution in [2.24, 2.45) is 5.73 Å². The molecule has 0 aromatic carbocycles. The maximum Gasteiger partial charge on any atom is 0.407 e. The molecule has 1 aliphatic rings. The molecule has 1 aromatic heterocycles. The molecule has 0 unspecified atom stereocenters. The molecule has 0 atom stereocenters. The number of fused-ring (bicyclic) bond motifs is 1. The van der Waals surface area contributed by atoms with Gasteiger partial charge in [0, 0.05) is 25.0 Å². The molecule has 0 saturated heterocycles. The average molecular weight is 305 g/mol. The van der Waals surface area contributed by atoms with Crippen molar-refractivity contribution in [2.45, 2.75) is 26.4 Å². The summed E-state index contributed by atoms with van der Waals surface area (Å²) in [7, 11) is 0. The van der Waals surface area contributed by atoms with E-state index in [0.717, 1.165) is 17.1 Å². The van der Waals surface area contributed by atoms with Gasteiger partial charge in [0.2, 0.25) is 0 Å². The number of pyridine rings is 1. The third-order valence-electron chi connectivity index (χ3n) is 2.87. The van der Waals surface area contributed by atoms with Crippen molar-refractivity contribution in [3.63, 3.8) is 0 Å². The predicted molar refractivity (Wildman–Crippen MR) is 86.0 cm³/mol. The molecule has 0 radical (unpaired) electrons. The first-order chi connectivity index (χ1) is 10.3. The summed E-state index contributed by atoms with van der Waals surface area (Å²) in [6.45, 7) is 7.07. The molecule has 1 aliphatic heterocycles. The molecular weight excluding hydrogens is 282 g/mol. The highest BCUT2D eigenvalue weighted by molar-refractivity contribution is 5.69. The lowest BCUT2D eigenvalue weighted by Gasteiger charge is -2.30. The summed E-state index contributed by atoms with van der Waals surface area (Å²) in [5.41, 5.74) is 11.2. The van der Waals surface area contributed by atoms with Gasteiger partial charge in [-0.15, -0.1) is 0 Å². The summed E-state index contributed by atoms with van der Waals surface area (Å²) >= 11 is 0. The number of alkyl carbamates (subject to hydrolysis) is 1. The number of hydrogen-bond acceptors (Lipinski definition) is 6. The molecule has 120 valence electrons. The summed E-state index contributed by atoms with van der Waals surface area (Å²) in [5, 5.41) is 4.63. The van der Waals surface area contributed by atoms with Crippen LogP contribution in [0.25, 0.3) is 6.08 Å². The highest BCUT2D eigenvalue weighted by atomic mass is 16.6. The van der Waals surface area contributed by atoms with Gasteiger partial charge in [0.15, 0.2) is 0 Å². The average Bonchev–Trinajstić information content (AvgIpc) is 2.41. The molecule has 0 spiro atoms. The first-order valence-corrected chi connectivity index (χ1v) is 7.24. The molecule has 0 aliphatic carbocycles. The quantitative estimate of drug-likeness (QED) is 0.725. The van der Waals surface area contributed by atoms with Gasteiger partial charge in [-0.05, 0) is 39.0 Å². The Morgan fingerprint density at radius 3 is 2.95 bits per heavy atom. The van der Waals surface area contributed by atoms with E-state index in [0.29, 0.717) is 19.6 Å². The van der Waals surface area contributed by atoms with E-state index in [1.54, 1.807) is 6.20 Å². The Morgan fingerprint density at radius 1 is 1.45 bits per heavy atom. The van der Waals surface area contributed by atoms with E-state index in [-0.39, 0.29) is 0 Å². The standard InChI is InChI=1S/C15H23N5O2/c1-15(2,3)22-14(21)18-7-8-19-20-10-11(16)9-12-13(20)5-4-6-17-12/h4-6,9,19H,7-8,10,16H2,1-3H3,(H,18,21). The van der Waals surface area contributed by atoms with E-state index in [1.807, 2.05) is 44.0 Å². The Kier molecular flexibility index (Phi) is 4.87. The number of ether oxygens (including phenoxy) is 1. The fourth-order valence-corrected chi connectivity index (χ4v) is 2.05. The Hall–Kier alpha value is -2.28. The number of nitrogens with zero attached hydrogens (tertiary/aromatic N) is 2. The molecular formula is C15H23N5O2. The fourth-order valence-electron chi connectivity index (χ4n) is 2.05. The Morgan fingerprint density at radius 2 is 2.23 bits per heavy atom. The molecule has 1 amide bonds. The first-order valence-electron chi connectivity index (χ1n) is 7.24. The van der Waals surface area contributed by atoms with Gasteiger partial charge < -0.3 is 20.8 Å². The van der Waals surface area contributed by atoms with E-state index >= 15 is 0 Å². The minimum atomic E-state index is -0.492. The van der Waals surface area contributed by atoms with Crippen LogP contribution < -0.4 is 21.5 Å². The van der Waals surface area contributed by atoms with Gasteiger partial charge in [-0.1, -0.05) is 0 Å². The number of carbonyl (C=O) groups is 1. The van der Waals surface area contributed by atoms with Crippen LogP contribution in [0.4, 0.5) is 10.5 Å². The molecule has 2 heterocycles. The van der Waals surface area contributed by atoms with Crippen molar-refractivity contribution in [1.29, 1.82) is 0 Å². The van der Waals surface area contributed by atoms with Crippen LogP contribution in [0.1, 0.15) is 26.5 Å². The van der Waals surface area contributed by atoms with Gasteiger partial charge in [-0.3, -0.25) is 4.98 Å². The van der Waals surface area contributed by atoms with Crippen molar-refractivity contribution in [3.8, 4) is 0 Å². The lowest BCUT2D eigenvalue weighted by atomic mass is 10.2. The second kappa shape index (κ2) is 6.65. The van der Waals surface area contributed by atoms with Crippen molar-refractivity contribution < 1.29 is 9.53 Å². The van der Waals surface area contributed by atoms with Crippen molar-refractivity contribution in [3.05, 3.63) is 29.7 Å². The van der Waals surface area contributed by atoms with E-state index < -0.39 is 11.7 Å². The van der Waals surface area contributed by atoms with Crippen LogP contribution in [0.3, 0.4) is 0 Å². The van der Waals surface area contributed by atoms with E-state index in [1.165, 1.54) is 0 Å². The molecule has 2 rings (SSSR count). The number of amides is 1. The SMILES string of the molecule is CC(C)(C)OC(=O)NCCNN1CC(N)=Cc2ncccc21. The topological polar surface area (TPSA) is 92.5 Å². The largest absolute Gasteiger partial charge is 0.444 e. The van der Waals surface area contributed by atoms with Crippen molar-refractivity contribution in [1.82, 2.24) is 15.7 Å². The highest BCUT2D eigenvalue weighted by Crippen LogP contribution is 2.23. The van der Waals surface area contributed by atoms with Gasteiger partial charge in [-0.2, -0.15) is 0 Å². The number of aromatic nitrogens is 1. The van der Waals surface area contributed by atoms with E-state index in [2.05, 4.69) is 15.7 Å². The highest BCUT2D eigenvalue weighted by Gasteiger charge is 2.18. The van der Waals surface area contributed by atoms with Crippen molar-refractivity contribution >= 4 is 17.9 Å². The molecule has 4 N–H and O–H groups in total. The summed E-state index contributed by atoms with van der Waals surface area (Å²) in [4.78, 5) is 15.8. The Labute approximate surface area is 130 Å². The number of nitrogens with one attached hydrogen (secondary N) is 2. The molecule has 7 heteroatoms. The van der Waals surface area contributed by atoms with Crippen LogP contribution in [0.2, 0.25) is 0 Å². The van der Waals surface area contributed by atoms with Crippen LogP contribution in [-0.4, -0.2) is 36.3 Å². The van der Waals surface area contributed by atoms with Gasteiger partial charge >= 0.3 is 6.09 Å². The number of nitrogens with two attached hydrogens (primary N) is 1. The van der Waals surface area contributed by atoms with Gasteiger partial charge in [0.25, 0.3) is 0 Å². The fraction of sp³-hybridized carbons (Fsp3) is 0.467. The summed E-state index contributed by atoms with van der Waals surface area (Å²) in [6.07, 6.45) is 3.18. The summed E-state index contributed by atoms with van der Waals surface area (Å²) < 4.78 is 5.17. The smallest absolute Gasteiger partial charge is 0.407 e. The molecule has 1 aromatic rings. The third-order valence-corrected chi connectivity index (χ3v) is 2.87. The number of anilines is 1. The zero-order valence-corrected chi connectivity index (χ0v) is 13.2. The maximum atomic E-state index is 11.5. The number of hydrogen-bond donors (Lipinski definition) is 3. The first kappa shape index (κ1) is 16.1. The van der Waals surface area contributed by atoms with E-state index in [4.69, 9.17) is 10.5 Å². The second-order valence-corrected chi connectivity index (χ2v) is 6.05. The number of rotatable bonds is 4. The molecule has 22 heavy (non-hydrogen) atoms. The minimum absolute atomic E-state index is 0.422. The summed E-state index contributed by atoms with van der Waals surface area (Å²) in [6, 6.07) is 3.85. The van der Waals surface area contributed by atoms with Crippen LogP contribution in [-0.2, 0) is 4.74 Å². The number of hydrazine groups is 1.